The highest BCUT2D eigenvalue weighted by molar-refractivity contribution is 7.09. The second-order valence-electron chi connectivity index (χ2n) is 4.37. The van der Waals surface area contributed by atoms with Crippen LogP contribution in [0, 0.1) is 0 Å². The Morgan fingerprint density at radius 3 is 2.71 bits per heavy atom. The zero-order valence-corrected chi connectivity index (χ0v) is 12.8. The highest BCUT2D eigenvalue weighted by atomic mass is 35.5. The van der Waals surface area contributed by atoms with Crippen LogP contribution in [-0.2, 0) is 11.2 Å². The van der Waals surface area contributed by atoms with Crippen molar-refractivity contribution in [3.63, 3.8) is 0 Å². The third kappa shape index (κ3) is 5.21. The van der Waals surface area contributed by atoms with E-state index in [1.807, 2.05) is 17.5 Å². The number of nitrogens with one attached hydrogen (secondary N) is 2. The van der Waals surface area contributed by atoms with E-state index in [9.17, 15) is 9.59 Å². The number of hydrogen-bond acceptors (Lipinski definition) is 3. The van der Waals surface area contributed by atoms with Crippen molar-refractivity contribution in [2.24, 2.45) is 0 Å². The molecule has 0 aliphatic heterocycles. The van der Waals surface area contributed by atoms with Gasteiger partial charge in [-0.2, -0.15) is 0 Å². The second kappa shape index (κ2) is 7.81. The fourth-order valence-corrected chi connectivity index (χ4v) is 2.63. The predicted molar refractivity (Wildman–Crippen MR) is 84.8 cm³/mol. The quantitative estimate of drug-likeness (QED) is 0.858. The smallest absolute Gasteiger partial charge is 0.251 e. The molecule has 2 N–H and O–H groups in total. The predicted octanol–water partition coefficient (Wildman–Crippen LogP) is 2.49. The van der Waals surface area contributed by atoms with Crippen LogP contribution < -0.4 is 10.6 Å². The molecular weight excluding hydrogens is 308 g/mol. The average molecular weight is 323 g/mol. The van der Waals surface area contributed by atoms with Crippen LogP contribution in [0.5, 0.6) is 0 Å². The number of carbonyl (C=O) groups is 2. The molecular formula is C15H15ClN2O2S. The lowest BCUT2D eigenvalue weighted by Crippen LogP contribution is -2.37. The summed E-state index contributed by atoms with van der Waals surface area (Å²) in [4.78, 5) is 24.7. The van der Waals surface area contributed by atoms with E-state index in [1.54, 1.807) is 35.6 Å². The Labute approximate surface area is 132 Å². The summed E-state index contributed by atoms with van der Waals surface area (Å²) < 4.78 is 0. The summed E-state index contributed by atoms with van der Waals surface area (Å²) in [6.07, 6.45) is 0.797. The van der Waals surface area contributed by atoms with Crippen LogP contribution in [0.2, 0.25) is 5.02 Å². The zero-order chi connectivity index (χ0) is 15.1. The van der Waals surface area contributed by atoms with Gasteiger partial charge in [0, 0.05) is 22.0 Å². The molecule has 1 aromatic carbocycles. The molecule has 1 aromatic heterocycles. The maximum atomic E-state index is 11.8. The molecule has 0 saturated carbocycles. The first-order chi connectivity index (χ1) is 10.1. The van der Waals surface area contributed by atoms with Crippen LogP contribution in [-0.4, -0.2) is 24.9 Å². The third-order valence-corrected chi connectivity index (χ3v) is 3.94. The number of carbonyl (C=O) groups excluding carboxylic acids is 2. The van der Waals surface area contributed by atoms with Crippen molar-refractivity contribution in [2.75, 3.05) is 13.1 Å². The number of rotatable bonds is 6. The van der Waals surface area contributed by atoms with E-state index >= 15 is 0 Å². The molecule has 0 radical (unpaired) electrons. The van der Waals surface area contributed by atoms with E-state index in [4.69, 9.17) is 11.6 Å². The molecule has 110 valence electrons. The molecule has 0 fully saturated rings. The van der Waals surface area contributed by atoms with E-state index in [-0.39, 0.29) is 18.4 Å². The van der Waals surface area contributed by atoms with E-state index in [0.717, 1.165) is 6.42 Å². The summed E-state index contributed by atoms with van der Waals surface area (Å²) in [5, 5.41) is 7.82. The van der Waals surface area contributed by atoms with E-state index in [0.29, 0.717) is 17.1 Å². The summed E-state index contributed by atoms with van der Waals surface area (Å²) >= 11 is 7.47. The van der Waals surface area contributed by atoms with Crippen molar-refractivity contribution in [3.05, 3.63) is 57.2 Å². The molecule has 21 heavy (non-hydrogen) atoms. The molecule has 0 aliphatic rings. The standard InChI is InChI=1S/C15H15ClN2O2S/c16-12-4-1-3-11(9-12)15(20)18-10-14(19)17-7-6-13-5-2-8-21-13/h1-5,8-9H,6-7,10H2,(H,17,19)(H,18,20). The van der Waals surface area contributed by atoms with Crippen LogP contribution >= 0.6 is 22.9 Å². The molecule has 2 aromatic rings. The maximum Gasteiger partial charge on any atom is 0.251 e. The summed E-state index contributed by atoms with van der Waals surface area (Å²) in [5.74, 6) is -0.521. The Hall–Kier alpha value is -1.85. The van der Waals surface area contributed by atoms with Gasteiger partial charge in [-0.3, -0.25) is 9.59 Å². The van der Waals surface area contributed by atoms with Gasteiger partial charge in [0.25, 0.3) is 5.91 Å². The monoisotopic (exact) mass is 322 g/mol. The fourth-order valence-electron chi connectivity index (χ4n) is 1.73. The fraction of sp³-hybridized carbons (Fsp3) is 0.200. The van der Waals surface area contributed by atoms with Gasteiger partial charge in [0.1, 0.15) is 0 Å². The lowest BCUT2D eigenvalue weighted by molar-refractivity contribution is -0.120. The Morgan fingerprint density at radius 2 is 2.00 bits per heavy atom. The molecule has 0 unspecified atom stereocenters. The molecule has 4 nitrogen and oxygen atoms in total. The number of thiophene rings is 1. The zero-order valence-electron chi connectivity index (χ0n) is 11.3. The van der Waals surface area contributed by atoms with Gasteiger partial charge in [0.15, 0.2) is 0 Å². The van der Waals surface area contributed by atoms with Crippen LogP contribution in [0.3, 0.4) is 0 Å². The Kier molecular flexibility index (Phi) is 5.78. The van der Waals surface area contributed by atoms with Gasteiger partial charge in [-0.25, -0.2) is 0 Å². The van der Waals surface area contributed by atoms with Gasteiger partial charge >= 0.3 is 0 Å². The Balaban J connectivity index is 1.70. The average Bonchev–Trinajstić information content (AvgIpc) is 2.98. The number of hydrogen-bond donors (Lipinski definition) is 2. The lowest BCUT2D eigenvalue weighted by Gasteiger charge is -2.06. The first-order valence-electron chi connectivity index (χ1n) is 6.48. The van der Waals surface area contributed by atoms with Gasteiger partial charge in [0.2, 0.25) is 5.91 Å². The number of halogens is 1. The Morgan fingerprint density at radius 1 is 1.14 bits per heavy atom. The van der Waals surface area contributed by atoms with Gasteiger partial charge in [-0.15, -0.1) is 11.3 Å². The molecule has 2 rings (SSSR count). The minimum absolute atomic E-state index is 0.0458. The summed E-state index contributed by atoms with van der Waals surface area (Å²) in [5.41, 5.74) is 0.439. The molecule has 0 spiro atoms. The first kappa shape index (κ1) is 15.5. The molecule has 2 amide bonds. The van der Waals surface area contributed by atoms with E-state index < -0.39 is 0 Å². The van der Waals surface area contributed by atoms with E-state index in [1.165, 1.54) is 4.88 Å². The minimum Gasteiger partial charge on any atom is -0.354 e. The molecule has 0 bridgehead atoms. The second-order valence-corrected chi connectivity index (χ2v) is 5.84. The SMILES string of the molecule is O=C(CNC(=O)c1cccc(Cl)c1)NCCc1cccs1. The van der Waals surface area contributed by atoms with Crippen molar-refractivity contribution in [1.29, 1.82) is 0 Å². The van der Waals surface area contributed by atoms with Crippen molar-refractivity contribution < 1.29 is 9.59 Å². The maximum absolute atomic E-state index is 11.8. The Bertz CT molecular complexity index is 614. The molecule has 6 heteroatoms. The van der Waals surface area contributed by atoms with Crippen LogP contribution in [0.25, 0.3) is 0 Å². The minimum atomic E-state index is -0.314. The number of benzene rings is 1. The highest BCUT2D eigenvalue weighted by Gasteiger charge is 2.08. The van der Waals surface area contributed by atoms with Gasteiger partial charge in [-0.05, 0) is 36.1 Å². The van der Waals surface area contributed by atoms with Crippen LogP contribution in [0.1, 0.15) is 15.2 Å². The molecule has 0 aliphatic carbocycles. The molecule has 0 saturated heterocycles. The number of amides is 2. The largest absolute Gasteiger partial charge is 0.354 e. The van der Waals surface area contributed by atoms with Gasteiger partial charge in [0.05, 0.1) is 6.54 Å². The normalized spacial score (nSPS) is 10.1. The van der Waals surface area contributed by atoms with E-state index in [2.05, 4.69) is 10.6 Å². The highest BCUT2D eigenvalue weighted by Crippen LogP contribution is 2.10. The van der Waals surface area contributed by atoms with Crippen LogP contribution in [0.15, 0.2) is 41.8 Å². The summed E-state index contributed by atoms with van der Waals surface area (Å²) in [6.45, 7) is 0.516. The van der Waals surface area contributed by atoms with Gasteiger partial charge < -0.3 is 10.6 Å². The topological polar surface area (TPSA) is 58.2 Å². The van der Waals surface area contributed by atoms with Crippen molar-refractivity contribution in [1.82, 2.24) is 10.6 Å². The van der Waals surface area contributed by atoms with Crippen molar-refractivity contribution in [2.45, 2.75) is 6.42 Å². The first-order valence-corrected chi connectivity index (χ1v) is 7.74. The van der Waals surface area contributed by atoms with Crippen LogP contribution in [0.4, 0.5) is 0 Å². The summed E-state index contributed by atoms with van der Waals surface area (Å²) in [7, 11) is 0. The lowest BCUT2D eigenvalue weighted by atomic mass is 10.2. The van der Waals surface area contributed by atoms with Crippen molar-refractivity contribution in [3.8, 4) is 0 Å². The third-order valence-electron chi connectivity index (χ3n) is 2.77. The molecule has 1 heterocycles. The molecule has 0 atom stereocenters. The summed E-state index contributed by atoms with van der Waals surface area (Å²) in [6, 6.07) is 10.6. The van der Waals surface area contributed by atoms with Gasteiger partial charge in [-0.1, -0.05) is 23.7 Å². The van der Waals surface area contributed by atoms with Crippen molar-refractivity contribution >= 4 is 34.8 Å².